The van der Waals surface area contributed by atoms with Crippen molar-refractivity contribution >= 4 is 11.9 Å². The summed E-state index contributed by atoms with van der Waals surface area (Å²) < 4.78 is 5.58. The number of fused-ring (bicyclic) bond motifs is 1. The van der Waals surface area contributed by atoms with Gasteiger partial charge >= 0.3 is 5.97 Å². The Labute approximate surface area is 123 Å². The van der Waals surface area contributed by atoms with Crippen molar-refractivity contribution in [3.05, 3.63) is 58.7 Å². The molecule has 0 unspecified atom stereocenters. The van der Waals surface area contributed by atoms with Crippen molar-refractivity contribution < 1.29 is 14.3 Å². The highest BCUT2D eigenvalue weighted by Gasteiger charge is 2.52. The SMILES string of the molecule is CC1=CC2=C(C(N)=O)C(=O)O[C@@]2(C)[C@@H](c2ccccc2)C1. The van der Waals surface area contributed by atoms with Crippen molar-refractivity contribution in [3.63, 3.8) is 0 Å². The van der Waals surface area contributed by atoms with Gasteiger partial charge in [-0.3, -0.25) is 4.79 Å². The van der Waals surface area contributed by atoms with Gasteiger partial charge in [0, 0.05) is 11.5 Å². The summed E-state index contributed by atoms with van der Waals surface area (Å²) >= 11 is 0. The van der Waals surface area contributed by atoms with Crippen LogP contribution in [0.4, 0.5) is 0 Å². The largest absolute Gasteiger partial charge is 0.450 e. The Bertz CT molecular complexity index is 687. The van der Waals surface area contributed by atoms with Crippen LogP contribution in [0.15, 0.2) is 53.1 Å². The molecule has 0 fully saturated rings. The van der Waals surface area contributed by atoms with Crippen LogP contribution in [-0.4, -0.2) is 17.5 Å². The highest BCUT2D eigenvalue weighted by atomic mass is 16.6. The maximum absolute atomic E-state index is 12.1. The zero-order valence-electron chi connectivity index (χ0n) is 12.1. The van der Waals surface area contributed by atoms with Gasteiger partial charge in [0.15, 0.2) is 0 Å². The van der Waals surface area contributed by atoms with Crippen molar-refractivity contribution in [3.8, 4) is 0 Å². The molecule has 2 N–H and O–H groups in total. The second-order valence-electron chi connectivity index (χ2n) is 5.81. The van der Waals surface area contributed by atoms with Crippen LogP contribution in [0.25, 0.3) is 0 Å². The van der Waals surface area contributed by atoms with E-state index in [9.17, 15) is 9.59 Å². The first-order valence-electron chi connectivity index (χ1n) is 6.93. The number of ether oxygens (including phenoxy) is 1. The van der Waals surface area contributed by atoms with Crippen LogP contribution in [-0.2, 0) is 14.3 Å². The molecule has 1 aliphatic heterocycles. The average molecular weight is 283 g/mol. The predicted octanol–water partition coefficient (Wildman–Crippen LogP) is 2.22. The molecule has 3 rings (SSSR count). The molecule has 0 spiro atoms. The molecule has 2 atom stereocenters. The molecule has 0 bridgehead atoms. The molecule has 1 amide bonds. The Morgan fingerprint density at radius 1 is 1.33 bits per heavy atom. The third-order valence-electron chi connectivity index (χ3n) is 4.34. The molecule has 2 aliphatic rings. The van der Waals surface area contributed by atoms with Gasteiger partial charge in [-0.25, -0.2) is 4.79 Å². The fourth-order valence-corrected chi connectivity index (χ4v) is 3.31. The molecule has 4 heteroatoms. The number of hydrogen-bond acceptors (Lipinski definition) is 3. The lowest BCUT2D eigenvalue weighted by Gasteiger charge is -2.38. The van der Waals surface area contributed by atoms with E-state index in [0.717, 1.165) is 17.6 Å². The smallest absolute Gasteiger partial charge is 0.345 e. The normalized spacial score (nSPS) is 28.0. The van der Waals surface area contributed by atoms with Crippen LogP contribution in [0.3, 0.4) is 0 Å². The van der Waals surface area contributed by atoms with Gasteiger partial charge in [0.05, 0.1) is 0 Å². The number of carbonyl (C=O) groups is 2. The molecule has 108 valence electrons. The standard InChI is InChI=1S/C17H17NO3/c1-10-8-12(11-6-4-3-5-7-11)17(2)13(9-10)14(15(18)19)16(20)21-17/h3-7,9,12H,8H2,1-2H3,(H2,18,19)/t12-,17+/m1/s1. The van der Waals surface area contributed by atoms with Crippen molar-refractivity contribution in [2.45, 2.75) is 31.8 Å². The van der Waals surface area contributed by atoms with Gasteiger partial charge < -0.3 is 10.5 Å². The van der Waals surface area contributed by atoms with Crippen molar-refractivity contribution in [1.29, 1.82) is 0 Å². The van der Waals surface area contributed by atoms with Crippen LogP contribution in [0.5, 0.6) is 0 Å². The third-order valence-corrected chi connectivity index (χ3v) is 4.34. The molecule has 21 heavy (non-hydrogen) atoms. The minimum Gasteiger partial charge on any atom is -0.450 e. The Morgan fingerprint density at radius 3 is 2.62 bits per heavy atom. The predicted molar refractivity (Wildman–Crippen MR) is 78.3 cm³/mol. The van der Waals surface area contributed by atoms with Crippen molar-refractivity contribution in [2.24, 2.45) is 5.73 Å². The lowest BCUT2D eigenvalue weighted by molar-refractivity contribution is -0.148. The fraction of sp³-hybridized carbons (Fsp3) is 0.294. The van der Waals surface area contributed by atoms with Crippen molar-refractivity contribution in [1.82, 2.24) is 0 Å². The summed E-state index contributed by atoms with van der Waals surface area (Å²) in [5.74, 6) is -1.36. The first kappa shape index (κ1) is 13.6. The van der Waals surface area contributed by atoms with Crippen LogP contribution in [0.1, 0.15) is 31.7 Å². The molecule has 1 aromatic rings. The lowest BCUT2D eigenvalue weighted by Crippen LogP contribution is -2.38. The van der Waals surface area contributed by atoms with E-state index in [1.54, 1.807) is 0 Å². The number of esters is 1. The summed E-state index contributed by atoms with van der Waals surface area (Å²) in [7, 11) is 0. The van der Waals surface area contributed by atoms with Crippen LogP contribution in [0, 0.1) is 0 Å². The number of hydrogen-bond donors (Lipinski definition) is 1. The van der Waals surface area contributed by atoms with Gasteiger partial charge in [0.25, 0.3) is 5.91 Å². The van der Waals surface area contributed by atoms with Gasteiger partial charge in [-0.15, -0.1) is 0 Å². The second-order valence-corrected chi connectivity index (χ2v) is 5.81. The maximum atomic E-state index is 12.1. The van der Waals surface area contributed by atoms with Gasteiger partial charge in [-0.05, 0) is 25.8 Å². The van der Waals surface area contributed by atoms with Gasteiger partial charge in [-0.2, -0.15) is 0 Å². The van der Waals surface area contributed by atoms with E-state index in [1.807, 2.05) is 50.3 Å². The van der Waals surface area contributed by atoms with E-state index in [2.05, 4.69) is 0 Å². The first-order valence-corrected chi connectivity index (χ1v) is 6.93. The molecule has 0 aromatic heterocycles. The molecule has 1 aliphatic carbocycles. The number of primary amides is 1. The zero-order chi connectivity index (χ0) is 15.2. The van der Waals surface area contributed by atoms with Crippen LogP contribution < -0.4 is 5.73 Å². The molecule has 0 saturated carbocycles. The summed E-state index contributed by atoms with van der Waals surface area (Å²) in [5.41, 5.74) is 7.31. The molecule has 1 heterocycles. The molecule has 0 saturated heterocycles. The Morgan fingerprint density at radius 2 is 2.00 bits per heavy atom. The van der Waals surface area contributed by atoms with E-state index in [-0.39, 0.29) is 11.5 Å². The Hall–Kier alpha value is -2.36. The zero-order valence-corrected chi connectivity index (χ0v) is 12.1. The van der Waals surface area contributed by atoms with Gasteiger partial charge in [0.2, 0.25) is 0 Å². The third kappa shape index (κ3) is 1.98. The highest BCUT2D eigenvalue weighted by Crippen LogP contribution is 2.50. The molecule has 0 radical (unpaired) electrons. The minimum atomic E-state index is -0.831. The number of rotatable bonds is 2. The van der Waals surface area contributed by atoms with E-state index in [4.69, 9.17) is 10.5 Å². The van der Waals surface area contributed by atoms with Gasteiger partial charge in [-0.1, -0.05) is 42.0 Å². The van der Waals surface area contributed by atoms with Crippen LogP contribution >= 0.6 is 0 Å². The Kier molecular flexibility index (Phi) is 2.97. The maximum Gasteiger partial charge on any atom is 0.345 e. The topological polar surface area (TPSA) is 69.4 Å². The molecular formula is C17H17NO3. The summed E-state index contributed by atoms with van der Waals surface area (Å²) in [4.78, 5) is 23.7. The summed E-state index contributed by atoms with van der Waals surface area (Å²) in [5, 5.41) is 0. The van der Waals surface area contributed by atoms with E-state index < -0.39 is 17.5 Å². The molecule has 1 aromatic carbocycles. The highest BCUT2D eigenvalue weighted by molar-refractivity contribution is 6.18. The Balaban J connectivity index is 2.19. The molecule has 4 nitrogen and oxygen atoms in total. The number of nitrogens with two attached hydrogens (primary N) is 1. The van der Waals surface area contributed by atoms with Crippen LogP contribution in [0.2, 0.25) is 0 Å². The summed E-state index contributed by atoms with van der Waals surface area (Å²) in [6, 6.07) is 9.90. The fourth-order valence-electron chi connectivity index (χ4n) is 3.31. The quantitative estimate of drug-likeness (QED) is 0.668. The van der Waals surface area contributed by atoms with E-state index in [0.29, 0.717) is 5.57 Å². The first-order chi connectivity index (χ1) is 9.93. The van der Waals surface area contributed by atoms with E-state index in [1.165, 1.54) is 0 Å². The average Bonchev–Trinajstić information content (AvgIpc) is 2.69. The number of benzene rings is 1. The number of carbonyl (C=O) groups excluding carboxylic acids is 2. The number of amides is 1. The summed E-state index contributed by atoms with van der Waals surface area (Å²) in [6.45, 7) is 3.85. The second kappa shape index (κ2) is 4.58. The summed E-state index contributed by atoms with van der Waals surface area (Å²) in [6.07, 6.45) is 2.65. The van der Waals surface area contributed by atoms with E-state index >= 15 is 0 Å². The lowest BCUT2D eigenvalue weighted by atomic mass is 9.70. The van der Waals surface area contributed by atoms with Crippen molar-refractivity contribution in [2.75, 3.05) is 0 Å². The number of allylic oxidation sites excluding steroid dienone is 1. The van der Waals surface area contributed by atoms with Gasteiger partial charge in [0.1, 0.15) is 11.2 Å². The monoisotopic (exact) mass is 283 g/mol. The molecular weight excluding hydrogens is 266 g/mol. The minimum absolute atomic E-state index is 0.0144.